The van der Waals surface area contributed by atoms with Crippen LogP contribution in [-0.4, -0.2) is 39.3 Å². The van der Waals surface area contributed by atoms with Crippen LogP contribution in [0.3, 0.4) is 0 Å². The van der Waals surface area contributed by atoms with Crippen LogP contribution in [0.2, 0.25) is 0 Å². The number of benzene rings is 2. The van der Waals surface area contributed by atoms with E-state index in [9.17, 15) is 0 Å². The molecule has 3 heterocycles. The number of aromatic nitrogens is 3. The predicted molar refractivity (Wildman–Crippen MR) is 116 cm³/mol. The number of H-pyrrole nitrogens is 1. The third-order valence-electron chi connectivity index (χ3n) is 5.63. The largest absolute Gasteiger partial charge is 0.361 e. The van der Waals surface area contributed by atoms with Gasteiger partial charge in [0, 0.05) is 48.2 Å². The Morgan fingerprint density at radius 3 is 2.89 bits per heavy atom. The Hall–Kier alpha value is -2.28. The van der Waals surface area contributed by atoms with Crippen LogP contribution >= 0.6 is 11.9 Å². The second-order valence-electron chi connectivity index (χ2n) is 7.30. The molecule has 28 heavy (non-hydrogen) atoms. The second kappa shape index (κ2) is 7.62. The van der Waals surface area contributed by atoms with E-state index in [1.54, 1.807) is 11.9 Å². The van der Waals surface area contributed by atoms with Crippen molar-refractivity contribution in [1.29, 1.82) is 0 Å². The van der Waals surface area contributed by atoms with E-state index < -0.39 is 0 Å². The first-order chi connectivity index (χ1) is 13.8. The molecule has 2 aromatic carbocycles. The average molecular weight is 392 g/mol. The first-order valence-electron chi connectivity index (χ1n) is 10.00. The van der Waals surface area contributed by atoms with Crippen LogP contribution in [0, 0.1) is 0 Å². The molecular formula is C22H25N5S. The van der Waals surface area contributed by atoms with Crippen molar-refractivity contribution < 1.29 is 0 Å². The summed E-state index contributed by atoms with van der Waals surface area (Å²) in [4.78, 5) is 7.05. The van der Waals surface area contributed by atoms with E-state index in [0.717, 1.165) is 26.2 Å². The molecule has 2 aromatic heterocycles. The molecule has 1 aliphatic heterocycles. The van der Waals surface area contributed by atoms with Gasteiger partial charge in [0.05, 0.1) is 17.3 Å². The highest BCUT2D eigenvalue weighted by Gasteiger charge is 2.29. The number of hydrogen-bond acceptors (Lipinski definition) is 4. The minimum absolute atomic E-state index is 0.299. The lowest BCUT2D eigenvalue weighted by Gasteiger charge is -2.37. The zero-order valence-electron chi connectivity index (χ0n) is 16.1. The van der Waals surface area contributed by atoms with Gasteiger partial charge in [-0.2, -0.15) is 5.10 Å². The van der Waals surface area contributed by atoms with Crippen molar-refractivity contribution in [2.45, 2.75) is 30.8 Å². The van der Waals surface area contributed by atoms with Crippen LogP contribution < -0.4 is 4.72 Å². The summed E-state index contributed by atoms with van der Waals surface area (Å²) in [6.45, 7) is 6.23. The lowest BCUT2D eigenvalue weighted by molar-refractivity contribution is 0.118. The van der Waals surface area contributed by atoms with Gasteiger partial charge in [-0.25, -0.2) is 0 Å². The van der Waals surface area contributed by atoms with Gasteiger partial charge in [-0.1, -0.05) is 24.3 Å². The van der Waals surface area contributed by atoms with Gasteiger partial charge in [-0.05, 0) is 54.9 Å². The zero-order valence-corrected chi connectivity index (χ0v) is 16.9. The van der Waals surface area contributed by atoms with Gasteiger partial charge in [-0.15, -0.1) is 0 Å². The molecule has 0 saturated carbocycles. The fourth-order valence-corrected chi connectivity index (χ4v) is 4.71. The molecule has 144 valence electrons. The molecule has 0 amide bonds. The van der Waals surface area contributed by atoms with Gasteiger partial charge in [0.1, 0.15) is 0 Å². The minimum Gasteiger partial charge on any atom is -0.361 e. The number of rotatable bonds is 7. The molecule has 1 fully saturated rings. The van der Waals surface area contributed by atoms with Gasteiger partial charge >= 0.3 is 0 Å². The summed E-state index contributed by atoms with van der Waals surface area (Å²) in [6, 6.07) is 17.6. The average Bonchev–Trinajstić information content (AvgIpc) is 3.29. The highest BCUT2D eigenvalue weighted by atomic mass is 32.2. The van der Waals surface area contributed by atoms with E-state index in [-0.39, 0.29) is 0 Å². The Balaban J connectivity index is 1.37. The number of aryl methyl sites for hydroxylation is 1. The van der Waals surface area contributed by atoms with Crippen LogP contribution in [0.15, 0.2) is 59.6 Å². The molecule has 1 atom stereocenters. The van der Waals surface area contributed by atoms with Crippen molar-refractivity contribution in [2.24, 2.45) is 0 Å². The molecule has 0 spiro atoms. The minimum atomic E-state index is 0.299. The second-order valence-corrected chi connectivity index (χ2v) is 8.26. The molecule has 1 unspecified atom stereocenters. The molecule has 6 heteroatoms. The Labute approximate surface area is 169 Å². The standard InChI is InChI=1S/C22H25N5S/c1-2-27-20-7-4-3-6-18(20)22(25-27)21(26-12-5-13-26)15-24-28-17-9-8-16-10-11-23-19(16)14-17/h3-4,6-11,14,21,23-24H,2,5,12-13,15H2,1H3. The van der Waals surface area contributed by atoms with E-state index in [2.05, 4.69) is 74.7 Å². The summed E-state index contributed by atoms with van der Waals surface area (Å²) >= 11 is 1.70. The number of aromatic amines is 1. The Morgan fingerprint density at radius 2 is 2.07 bits per heavy atom. The summed E-state index contributed by atoms with van der Waals surface area (Å²) in [5.74, 6) is 0. The number of nitrogens with zero attached hydrogens (tertiary/aromatic N) is 3. The van der Waals surface area contributed by atoms with Gasteiger partial charge < -0.3 is 4.98 Å². The van der Waals surface area contributed by atoms with Crippen molar-refractivity contribution in [1.82, 2.24) is 24.4 Å². The van der Waals surface area contributed by atoms with Crippen molar-refractivity contribution >= 4 is 33.8 Å². The quantitative estimate of drug-likeness (QED) is 0.453. The fourth-order valence-electron chi connectivity index (χ4n) is 3.99. The highest BCUT2D eigenvalue weighted by molar-refractivity contribution is 7.97. The lowest BCUT2D eigenvalue weighted by atomic mass is 10.0. The molecule has 4 aromatic rings. The Kier molecular flexibility index (Phi) is 4.84. The normalized spacial score (nSPS) is 15.9. The molecule has 0 aliphatic carbocycles. The molecule has 0 bridgehead atoms. The molecule has 5 nitrogen and oxygen atoms in total. The van der Waals surface area contributed by atoms with Crippen LogP contribution in [0.1, 0.15) is 25.1 Å². The number of fused-ring (bicyclic) bond motifs is 2. The van der Waals surface area contributed by atoms with Crippen molar-refractivity contribution in [3.05, 3.63) is 60.4 Å². The van der Waals surface area contributed by atoms with Gasteiger partial charge in [-0.3, -0.25) is 14.3 Å². The van der Waals surface area contributed by atoms with E-state index in [1.807, 2.05) is 6.20 Å². The summed E-state index contributed by atoms with van der Waals surface area (Å²) in [5.41, 5.74) is 3.61. The lowest BCUT2D eigenvalue weighted by Crippen LogP contribution is -2.43. The van der Waals surface area contributed by atoms with Crippen LogP contribution in [0.5, 0.6) is 0 Å². The Bertz CT molecular complexity index is 1090. The summed E-state index contributed by atoms with van der Waals surface area (Å²) in [6.07, 6.45) is 3.27. The molecule has 1 aliphatic rings. The summed E-state index contributed by atoms with van der Waals surface area (Å²) in [5, 5.41) is 7.52. The van der Waals surface area contributed by atoms with Crippen LogP contribution in [-0.2, 0) is 6.54 Å². The number of nitrogens with one attached hydrogen (secondary N) is 2. The molecule has 1 saturated heterocycles. The monoisotopic (exact) mass is 391 g/mol. The SMILES string of the molecule is CCn1nc(C(CNSc2ccc3cc[nH]c3c2)N2CCC2)c2ccccc21. The topological polar surface area (TPSA) is 48.9 Å². The molecule has 2 N–H and O–H groups in total. The number of para-hydroxylation sites is 1. The Morgan fingerprint density at radius 1 is 1.18 bits per heavy atom. The maximum Gasteiger partial charge on any atom is 0.0888 e. The maximum absolute atomic E-state index is 4.99. The van der Waals surface area contributed by atoms with E-state index in [1.165, 1.54) is 38.8 Å². The smallest absolute Gasteiger partial charge is 0.0888 e. The van der Waals surface area contributed by atoms with Crippen molar-refractivity contribution in [3.63, 3.8) is 0 Å². The molecular weight excluding hydrogens is 366 g/mol. The van der Waals surface area contributed by atoms with Crippen LogP contribution in [0.25, 0.3) is 21.8 Å². The maximum atomic E-state index is 4.99. The third-order valence-corrected chi connectivity index (χ3v) is 6.43. The van der Waals surface area contributed by atoms with Crippen molar-refractivity contribution in [2.75, 3.05) is 19.6 Å². The third kappa shape index (κ3) is 3.21. The first kappa shape index (κ1) is 17.8. The first-order valence-corrected chi connectivity index (χ1v) is 10.8. The zero-order chi connectivity index (χ0) is 18.9. The van der Waals surface area contributed by atoms with Gasteiger partial charge in [0.25, 0.3) is 0 Å². The summed E-state index contributed by atoms with van der Waals surface area (Å²) in [7, 11) is 0. The highest BCUT2D eigenvalue weighted by Crippen LogP contribution is 2.31. The predicted octanol–water partition coefficient (Wildman–Crippen LogP) is 4.58. The van der Waals surface area contributed by atoms with Gasteiger partial charge in [0.15, 0.2) is 0 Å². The fraction of sp³-hybridized carbons (Fsp3) is 0.318. The van der Waals surface area contributed by atoms with Crippen LogP contribution in [0.4, 0.5) is 0 Å². The number of hydrogen-bond donors (Lipinski definition) is 2. The van der Waals surface area contributed by atoms with E-state index >= 15 is 0 Å². The van der Waals surface area contributed by atoms with E-state index in [4.69, 9.17) is 5.10 Å². The molecule has 5 rings (SSSR count). The molecule has 0 radical (unpaired) electrons. The summed E-state index contributed by atoms with van der Waals surface area (Å²) < 4.78 is 5.74. The van der Waals surface area contributed by atoms with Gasteiger partial charge in [0.2, 0.25) is 0 Å². The van der Waals surface area contributed by atoms with E-state index in [0.29, 0.717) is 6.04 Å². The van der Waals surface area contributed by atoms with Crippen molar-refractivity contribution in [3.8, 4) is 0 Å². The number of likely N-dealkylation sites (tertiary alicyclic amines) is 1.